The van der Waals surface area contributed by atoms with Crippen molar-refractivity contribution in [1.29, 1.82) is 0 Å². The second-order valence-electron chi connectivity index (χ2n) is 4.97. The summed E-state index contributed by atoms with van der Waals surface area (Å²) in [5.74, 6) is -0.176. The highest BCUT2D eigenvalue weighted by atomic mass is 35.5. The van der Waals surface area contributed by atoms with Gasteiger partial charge in [-0.15, -0.1) is 0 Å². The van der Waals surface area contributed by atoms with Gasteiger partial charge in [-0.3, -0.25) is 4.79 Å². The van der Waals surface area contributed by atoms with Gasteiger partial charge in [0.1, 0.15) is 11.7 Å². The van der Waals surface area contributed by atoms with Crippen molar-refractivity contribution in [2.75, 3.05) is 13.2 Å². The first-order chi connectivity index (χ1) is 9.00. The van der Waals surface area contributed by atoms with E-state index in [-0.39, 0.29) is 18.6 Å². The summed E-state index contributed by atoms with van der Waals surface area (Å²) in [6.07, 6.45) is 1.25. The summed E-state index contributed by atoms with van der Waals surface area (Å²) in [5, 5.41) is 13.6. The van der Waals surface area contributed by atoms with E-state index in [0.29, 0.717) is 17.2 Å². The van der Waals surface area contributed by atoms with Crippen molar-refractivity contribution < 1.29 is 14.6 Å². The smallest absolute Gasteiger partial charge is 0.249 e. The fourth-order valence-electron chi connectivity index (χ4n) is 2.15. The maximum Gasteiger partial charge on any atom is 0.249 e. The molecule has 1 aliphatic rings. The summed E-state index contributed by atoms with van der Waals surface area (Å²) in [6, 6.07) is 7.07. The second kappa shape index (κ2) is 5.90. The summed E-state index contributed by atoms with van der Waals surface area (Å²) >= 11 is 6.05. The topological polar surface area (TPSA) is 58.6 Å². The van der Waals surface area contributed by atoms with Crippen molar-refractivity contribution in [2.24, 2.45) is 0 Å². The molecule has 2 atom stereocenters. The molecular formula is C14H18ClNO3. The molecule has 1 fully saturated rings. The Hall–Kier alpha value is -1.10. The van der Waals surface area contributed by atoms with Gasteiger partial charge in [-0.25, -0.2) is 0 Å². The Morgan fingerprint density at radius 2 is 2.32 bits per heavy atom. The number of nitrogens with one attached hydrogen (secondary N) is 1. The molecule has 1 heterocycles. The minimum Gasteiger partial charge on any atom is -0.384 e. The number of aliphatic hydroxyl groups is 1. The zero-order chi connectivity index (χ0) is 13.9. The third kappa shape index (κ3) is 3.47. The molecule has 1 aromatic rings. The van der Waals surface area contributed by atoms with Gasteiger partial charge in [0.15, 0.2) is 0 Å². The lowest BCUT2D eigenvalue weighted by molar-refractivity contribution is -0.131. The number of hydrogen-bond donors (Lipinski definition) is 2. The standard InChI is InChI=1S/C14H18ClNO3/c1-14(18,10-5-2-3-6-11(10)15)9-16-13(17)12-7-4-8-19-12/h2-3,5-6,12,18H,4,7-9H2,1H3,(H,16,17)/t12-,14+/m1/s1. The molecule has 0 saturated carbocycles. The van der Waals surface area contributed by atoms with Crippen LogP contribution in [0, 0.1) is 0 Å². The molecule has 19 heavy (non-hydrogen) atoms. The zero-order valence-electron chi connectivity index (χ0n) is 10.9. The van der Waals surface area contributed by atoms with Crippen molar-refractivity contribution in [3.05, 3.63) is 34.9 Å². The third-order valence-corrected chi connectivity index (χ3v) is 3.61. The van der Waals surface area contributed by atoms with Gasteiger partial charge >= 0.3 is 0 Å². The summed E-state index contributed by atoms with van der Waals surface area (Å²) in [6.45, 7) is 2.36. The van der Waals surface area contributed by atoms with E-state index in [4.69, 9.17) is 16.3 Å². The highest BCUT2D eigenvalue weighted by Gasteiger charge is 2.29. The Morgan fingerprint density at radius 3 is 2.95 bits per heavy atom. The molecule has 0 aromatic heterocycles. The molecular weight excluding hydrogens is 266 g/mol. The molecule has 0 radical (unpaired) electrons. The van der Waals surface area contributed by atoms with Crippen LogP contribution < -0.4 is 5.32 Å². The lowest BCUT2D eigenvalue weighted by Gasteiger charge is -2.25. The van der Waals surface area contributed by atoms with E-state index in [9.17, 15) is 9.90 Å². The van der Waals surface area contributed by atoms with Crippen molar-refractivity contribution in [2.45, 2.75) is 31.5 Å². The summed E-state index contributed by atoms with van der Waals surface area (Å²) in [5.41, 5.74) is -0.601. The molecule has 5 heteroatoms. The lowest BCUT2D eigenvalue weighted by atomic mass is 9.96. The van der Waals surface area contributed by atoms with Crippen LogP contribution >= 0.6 is 11.6 Å². The van der Waals surface area contributed by atoms with E-state index >= 15 is 0 Å². The van der Waals surface area contributed by atoms with Crippen LogP contribution in [0.2, 0.25) is 5.02 Å². The molecule has 2 rings (SSSR count). The summed E-state index contributed by atoms with van der Waals surface area (Å²) in [4.78, 5) is 11.8. The molecule has 1 saturated heterocycles. The van der Waals surface area contributed by atoms with Gasteiger partial charge in [0.05, 0.1) is 6.54 Å². The second-order valence-corrected chi connectivity index (χ2v) is 5.38. The SMILES string of the molecule is C[C@](O)(CNC(=O)[C@H]1CCCO1)c1ccccc1Cl. The van der Waals surface area contributed by atoms with Crippen molar-refractivity contribution >= 4 is 17.5 Å². The van der Waals surface area contributed by atoms with Crippen molar-refractivity contribution in [1.82, 2.24) is 5.32 Å². The summed E-state index contributed by atoms with van der Waals surface area (Å²) in [7, 11) is 0. The number of ether oxygens (including phenoxy) is 1. The van der Waals surface area contributed by atoms with Gasteiger partial charge < -0.3 is 15.2 Å². The Labute approximate surface area is 117 Å². The Kier molecular flexibility index (Phi) is 4.45. The molecule has 0 unspecified atom stereocenters. The van der Waals surface area contributed by atoms with Crippen LogP contribution in [0.15, 0.2) is 24.3 Å². The monoisotopic (exact) mass is 283 g/mol. The number of benzene rings is 1. The predicted octanol–water partition coefficient (Wildman–Crippen LogP) is 1.84. The molecule has 0 bridgehead atoms. The van der Waals surface area contributed by atoms with E-state index < -0.39 is 5.60 Å². The van der Waals surface area contributed by atoms with E-state index in [1.165, 1.54) is 0 Å². The van der Waals surface area contributed by atoms with Crippen molar-refractivity contribution in [3.8, 4) is 0 Å². The van der Waals surface area contributed by atoms with Crippen LogP contribution in [-0.2, 0) is 15.1 Å². The van der Waals surface area contributed by atoms with Gasteiger partial charge in [0, 0.05) is 17.2 Å². The van der Waals surface area contributed by atoms with Crippen LogP contribution in [0.3, 0.4) is 0 Å². The first kappa shape index (κ1) is 14.3. The normalized spacial score (nSPS) is 21.9. The molecule has 0 spiro atoms. The van der Waals surface area contributed by atoms with Crippen LogP contribution in [0.25, 0.3) is 0 Å². The largest absolute Gasteiger partial charge is 0.384 e. The van der Waals surface area contributed by atoms with Crippen LogP contribution in [0.5, 0.6) is 0 Å². The average Bonchev–Trinajstić information content (AvgIpc) is 2.90. The molecule has 0 aliphatic carbocycles. The molecule has 2 N–H and O–H groups in total. The molecule has 104 valence electrons. The number of amides is 1. The van der Waals surface area contributed by atoms with Crippen LogP contribution in [0.4, 0.5) is 0 Å². The van der Waals surface area contributed by atoms with E-state index in [1.807, 2.05) is 0 Å². The third-order valence-electron chi connectivity index (χ3n) is 3.28. The van der Waals surface area contributed by atoms with Crippen molar-refractivity contribution in [3.63, 3.8) is 0 Å². The van der Waals surface area contributed by atoms with Crippen LogP contribution in [-0.4, -0.2) is 30.3 Å². The molecule has 4 nitrogen and oxygen atoms in total. The zero-order valence-corrected chi connectivity index (χ0v) is 11.6. The maximum atomic E-state index is 11.8. The number of hydrogen-bond acceptors (Lipinski definition) is 3. The Morgan fingerprint density at radius 1 is 1.58 bits per heavy atom. The average molecular weight is 284 g/mol. The minimum absolute atomic E-state index is 0.107. The highest BCUT2D eigenvalue weighted by Crippen LogP contribution is 2.27. The van der Waals surface area contributed by atoms with E-state index in [2.05, 4.69) is 5.32 Å². The van der Waals surface area contributed by atoms with Gasteiger partial charge in [0.25, 0.3) is 0 Å². The molecule has 1 aliphatic heterocycles. The highest BCUT2D eigenvalue weighted by molar-refractivity contribution is 6.31. The maximum absolute atomic E-state index is 11.8. The number of rotatable bonds is 4. The Bertz CT molecular complexity index is 456. The fraction of sp³-hybridized carbons (Fsp3) is 0.500. The van der Waals surface area contributed by atoms with Crippen LogP contribution in [0.1, 0.15) is 25.3 Å². The summed E-state index contributed by atoms with van der Waals surface area (Å²) < 4.78 is 5.29. The quantitative estimate of drug-likeness (QED) is 0.886. The lowest BCUT2D eigenvalue weighted by Crippen LogP contribution is -2.42. The first-order valence-corrected chi connectivity index (χ1v) is 6.75. The molecule has 1 amide bonds. The number of carbonyl (C=O) groups is 1. The number of carbonyl (C=O) groups excluding carboxylic acids is 1. The van der Waals surface area contributed by atoms with E-state index in [0.717, 1.165) is 12.8 Å². The molecule has 1 aromatic carbocycles. The predicted molar refractivity (Wildman–Crippen MR) is 73.0 cm³/mol. The first-order valence-electron chi connectivity index (χ1n) is 6.37. The van der Waals surface area contributed by atoms with Gasteiger partial charge in [0.2, 0.25) is 5.91 Å². The minimum atomic E-state index is -1.20. The van der Waals surface area contributed by atoms with Gasteiger partial charge in [-0.1, -0.05) is 29.8 Å². The van der Waals surface area contributed by atoms with Gasteiger partial charge in [-0.2, -0.15) is 0 Å². The van der Waals surface area contributed by atoms with E-state index in [1.54, 1.807) is 31.2 Å². The van der Waals surface area contributed by atoms with Gasteiger partial charge in [-0.05, 0) is 25.8 Å². The fourth-order valence-corrected chi connectivity index (χ4v) is 2.49. The Balaban J connectivity index is 1.97. The number of halogens is 1.